The van der Waals surface area contributed by atoms with E-state index in [4.69, 9.17) is 80.6 Å². The van der Waals surface area contributed by atoms with E-state index in [-0.39, 0.29) is 57.9 Å². The number of carbonyl (C=O) groups excluding carboxylic acids is 8. The van der Waals surface area contributed by atoms with Gasteiger partial charge in [-0.05, 0) is 179 Å². The molecule has 0 aliphatic rings. The molecule has 0 rings (SSSR count). The molecule has 45 heteroatoms. The predicted octanol–water partition coefficient (Wildman–Crippen LogP) is 25.7. The van der Waals surface area contributed by atoms with Crippen LogP contribution < -0.4 is 0 Å². The fraction of sp³-hybridized carbons (Fsp3) is 0.852. The molecule has 0 aromatic carbocycles. The molecule has 0 amide bonds. The first-order valence-corrected chi connectivity index (χ1v) is 39.4. The molecular weight excluding hydrogens is 1840 g/mol. The first kappa shape index (κ1) is 140. The van der Waals surface area contributed by atoms with Crippen molar-refractivity contribution < 1.29 is 177 Å². The molecule has 0 aromatic heterocycles. The third-order valence-corrected chi connectivity index (χ3v) is 18.6. The van der Waals surface area contributed by atoms with Crippen LogP contribution in [0.4, 0.5) is 101 Å². The number of rotatable bonds is 19. The Labute approximate surface area is 746 Å². The van der Waals surface area contributed by atoms with Crippen LogP contribution in [0.15, 0.2) is 0 Å². The number of hydrogen-bond donors (Lipinski definition) is 0. The lowest BCUT2D eigenvalue weighted by atomic mass is 9.86. The van der Waals surface area contributed by atoms with E-state index in [1.807, 2.05) is 18.1 Å². The molecule has 11 atom stereocenters. The zero-order valence-corrected chi connectivity index (χ0v) is 81.3. The summed E-state index contributed by atoms with van der Waals surface area (Å²) in [5, 5.41) is 16.5. The normalized spacial score (nSPS) is 15.7. The van der Waals surface area contributed by atoms with Gasteiger partial charge in [-0.25, -0.2) is 35.1 Å². The van der Waals surface area contributed by atoms with Gasteiger partial charge in [-0.3, -0.25) is 38.4 Å². The molecule has 11 unspecified atom stereocenters. The van der Waals surface area contributed by atoms with Crippen molar-refractivity contribution in [2.75, 3.05) is 27.5 Å². The molecule has 748 valence electrons. The Kier molecular flexibility index (Phi) is 61.5. The van der Waals surface area contributed by atoms with E-state index in [1.54, 1.807) is 138 Å². The zero-order chi connectivity index (χ0) is 105. The van der Waals surface area contributed by atoms with E-state index < -0.39 is 198 Å². The van der Waals surface area contributed by atoms with E-state index in [0.29, 0.717) is 13.3 Å². The zero-order valence-electron chi connectivity index (χ0n) is 78.3. The highest BCUT2D eigenvalue weighted by atomic mass is 35.5. The fourth-order valence-electron chi connectivity index (χ4n) is 5.83. The van der Waals surface area contributed by atoms with Crippen molar-refractivity contribution in [3.05, 3.63) is 0 Å². The molecule has 0 saturated carbocycles. The Morgan fingerprint density at radius 2 is 0.587 bits per heavy atom. The molecule has 0 spiro atoms. The summed E-state index contributed by atoms with van der Waals surface area (Å²) in [6, 6.07) is 3.99. The summed E-state index contributed by atoms with van der Waals surface area (Å²) in [6.45, 7) is 45.9. The van der Waals surface area contributed by atoms with Crippen LogP contribution in [0.2, 0.25) is 0 Å². The van der Waals surface area contributed by atoms with Gasteiger partial charge in [-0.15, -0.1) is 0 Å². The van der Waals surface area contributed by atoms with Crippen LogP contribution in [0, 0.1) is 98.1 Å². The number of carbonyl (C=O) groups is 8. The summed E-state index contributed by atoms with van der Waals surface area (Å²) in [6.07, 6.45) is -24.8. The summed E-state index contributed by atoms with van der Waals surface area (Å²) in [7, 11) is 2.59. The number of nitriles is 2. The van der Waals surface area contributed by atoms with Crippen LogP contribution in [0.25, 0.3) is 0 Å². The van der Waals surface area contributed by atoms with E-state index >= 15 is 0 Å². The maximum atomic E-state index is 12.6. The maximum absolute atomic E-state index is 12.6. The second-order valence-corrected chi connectivity index (χ2v) is 37.8. The first-order valence-electron chi connectivity index (χ1n) is 37.9. The number of halogens is 27. The number of esters is 8. The smallest absolute Gasteiger partial charge is 0.428 e. The Morgan fingerprint density at radius 3 is 0.746 bits per heavy atom. The average molecular weight is 1970 g/mol. The molecule has 0 aliphatic carbocycles. The van der Waals surface area contributed by atoms with Gasteiger partial charge >= 0.3 is 90.5 Å². The van der Waals surface area contributed by atoms with Gasteiger partial charge in [-0.1, -0.05) is 121 Å². The van der Waals surface area contributed by atoms with Crippen molar-refractivity contribution >= 4 is 94.2 Å². The van der Waals surface area contributed by atoms with Crippen molar-refractivity contribution in [3.8, 4) is 24.0 Å². The Bertz CT molecular complexity index is 3240. The van der Waals surface area contributed by atoms with Gasteiger partial charge in [-0.2, -0.15) is 76.4 Å². The summed E-state index contributed by atoms with van der Waals surface area (Å²) in [5.74, 6) is -18.3. The molecule has 0 bridgehead atoms. The van der Waals surface area contributed by atoms with Gasteiger partial charge in [0.25, 0.3) is 11.6 Å². The van der Waals surface area contributed by atoms with Crippen molar-refractivity contribution in [1.29, 1.82) is 10.5 Å². The average Bonchev–Trinajstić information content (AvgIpc) is 0.790. The lowest BCUT2D eigenvalue weighted by molar-refractivity contribution is -0.289. The van der Waals surface area contributed by atoms with Crippen LogP contribution >= 0.6 is 46.4 Å². The van der Waals surface area contributed by atoms with Crippen LogP contribution in [0.5, 0.6) is 0 Å². The van der Waals surface area contributed by atoms with E-state index in [0.717, 1.165) is 20.8 Å². The monoisotopic (exact) mass is 1960 g/mol. The second kappa shape index (κ2) is 55.2. The highest BCUT2D eigenvalue weighted by molar-refractivity contribution is 6.62. The number of methoxy groups -OCH3 is 2. The van der Waals surface area contributed by atoms with Gasteiger partial charge in [0.2, 0.25) is 0 Å². The van der Waals surface area contributed by atoms with Gasteiger partial charge in [0.05, 0.1) is 67.8 Å². The van der Waals surface area contributed by atoms with Crippen LogP contribution in [0.1, 0.15) is 262 Å². The largest absolute Gasteiger partial charge is 0.469 e. The summed E-state index contributed by atoms with van der Waals surface area (Å²) >= 11 is 22.0. The molecule has 0 saturated heterocycles. The predicted molar refractivity (Wildman–Crippen MR) is 430 cm³/mol. The fourth-order valence-corrected chi connectivity index (χ4v) is 5.83. The molecule has 126 heavy (non-hydrogen) atoms. The Hall–Kier alpha value is -6.15. The molecule has 0 heterocycles. The minimum Gasteiger partial charge on any atom is -0.469 e. The molecule has 0 radical (unpaired) electrons. The van der Waals surface area contributed by atoms with E-state index in [9.17, 15) is 139 Å². The number of alkyl halides is 27. The van der Waals surface area contributed by atoms with Crippen molar-refractivity contribution in [2.24, 2.45) is 63.6 Å². The third kappa shape index (κ3) is 61.4. The van der Waals surface area contributed by atoms with Gasteiger partial charge < -0.3 is 37.9 Å². The molecular formula is C81H129Cl4F23N2O16. The van der Waals surface area contributed by atoms with Crippen molar-refractivity contribution in [3.63, 3.8) is 0 Å². The summed E-state index contributed by atoms with van der Waals surface area (Å²) < 4.78 is 310. The quantitative estimate of drug-likeness (QED) is 0.0291. The van der Waals surface area contributed by atoms with Gasteiger partial charge in [0.15, 0.2) is 22.9 Å². The van der Waals surface area contributed by atoms with Crippen LogP contribution in [0.3, 0.4) is 0 Å². The third-order valence-electron chi connectivity index (χ3n) is 16.7. The second-order valence-electron chi connectivity index (χ2n) is 34.4. The molecule has 0 aromatic rings. The minimum atomic E-state index is -5.54. The highest BCUT2D eigenvalue weighted by Gasteiger charge is 2.65. The molecule has 0 fully saturated rings. The van der Waals surface area contributed by atoms with Crippen LogP contribution in [-0.2, 0) is 76.3 Å². The van der Waals surface area contributed by atoms with Crippen LogP contribution in [-0.4, -0.2) is 166 Å². The maximum Gasteiger partial charge on any atom is 0.428 e. The van der Waals surface area contributed by atoms with E-state index in [1.165, 1.54) is 62.7 Å². The minimum absolute atomic E-state index is 0.111. The van der Waals surface area contributed by atoms with Gasteiger partial charge in [0, 0.05) is 26.7 Å². The lowest BCUT2D eigenvalue weighted by Gasteiger charge is -2.32. The first-order chi connectivity index (χ1) is 54.7. The van der Waals surface area contributed by atoms with Gasteiger partial charge in [0.1, 0.15) is 43.3 Å². The number of ether oxygens (including phenoxy) is 8. The number of hydrogen-bond acceptors (Lipinski definition) is 18. The lowest BCUT2D eigenvalue weighted by Crippen LogP contribution is -2.51. The Morgan fingerprint density at radius 1 is 0.341 bits per heavy atom. The summed E-state index contributed by atoms with van der Waals surface area (Å²) in [5.41, 5.74) is -14.2. The van der Waals surface area contributed by atoms with E-state index in [2.05, 4.69) is 20.1 Å². The van der Waals surface area contributed by atoms with Crippen molar-refractivity contribution in [2.45, 2.75) is 353 Å². The molecule has 0 aliphatic heterocycles. The van der Waals surface area contributed by atoms with Crippen molar-refractivity contribution in [1.82, 2.24) is 0 Å². The molecule has 0 N–H and O–H groups in total. The Balaban J connectivity index is -0.000000150. The topological polar surface area (TPSA) is 258 Å². The SMILES string of the molecule is CC(C#CCF)C(C)C(F)(F)F.CC(C#N)C(C)C#N.CC(C(=O)OC(C)(C)C)C(C)C(=O)OC(C)(C)C.CC(Cl)(Cl)C(C)(Cl)Cl.CC(F)(F)C(C)(F)C(F)(F)F.CC(F)(F)C(C)(F)F.CCC(C)(C(=O)OC(C)(C)C)C(=O)OC(C)(C)C.CCC(C)(C(=O)OC(C)(C)C)C(F)(F)F.CCC(C)(C(=O)OCC(F)(F)F)C(F)(F)F.COC(=O)C(C)C(C)C(=O)OC. The number of nitrogens with zero attached hydrogens (tertiary/aromatic N) is 2. The highest BCUT2D eigenvalue weighted by Crippen LogP contribution is 2.47. The summed E-state index contributed by atoms with van der Waals surface area (Å²) in [4.78, 5) is 92.2. The molecule has 18 nitrogen and oxygen atoms in total. The standard InChI is InChI=1S/2C14H26O4.C10H17F3O2.C8H10F6O2.C8H10F4.C8H14O4.C6H8N2.C5H6F6.C4H6Cl4.C4H6F4/c1-9-14(8,10(15)17-12(2,3)4)11(16)18-13(5,6)7;1-9(11(15)17-13(3,4)5)10(2)12(16)18-14(6,7)8;1-6-9(5,10(11,12)13)7(14)15-8(2,3)4;1-3-6(2,8(12,13)14)5(15)16-4-7(9,10)11;1-6(4-3-5-9)7(2)8(10,11)12;1-5(7(9)11-3)6(2)8(10)12-4;1-5(3-7)6(2)4-8;1-3(6,4(2,7)8)5(9,10)11;2*1-3(5,6)4(2,7)8/h9H2,1-8H3;9-10H,1-8H3;6H2,1-5H3;3-4H2,1-2H3;6-7H,5H2,1-2H3;5-6H,1-4H3;5-6H,1-2H3;1-2H3;2*1-2H3.